The van der Waals surface area contributed by atoms with Gasteiger partial charge in [0.25, 0.3) is 5.91 Å². The van der Waals surface area contributed by atoms with E-state index in [1.165, 1.54) is 0 Å². The summed E-state index contributed by atoms with van der Waals surface area (Å²) in [5.41, 5.74) is -0.341. The number of piperazine rings is 1. The van der Waals surface area contributed by atoms with Gasteiger partial charge in [-0.15, -0.1) is 0 Å². The number of carbonyl (C=O) groups excluding carboxylic acids is 1. The maximum Gasteiger partial charge on any atom is 0.498 e. The standard InChI is InChI=1S/C18H27BN4O7/c1-17(2)18(3,4)30-19(29-17)11-7-20-16(21-8-11)22-5-6-23(12(9-22)15(27)28)14(26)13(25)10-24/h7-8,12-13,24-25H,5-6,9-10H2,1-4H3,(H,27,28)/t12-,13-/m0/s1. The van der Waals surface area contributed by atoms with Crippen LogP contribution in [0.5, 0.6) is 0 Å². The lowest BCUT2D eigenvalue weighted by Crippen LogP contribution is -2.60. The van der Waals surface area contributed by atoms with Crippen molar-refractivity contribution in [1.82, 2.24) is 14.9 Å². The molecule has 2 aliphatic rings. The van der Waals surface area contributed by atoms with E-state index < -0.39 is 48.9 Å². The second-order valence-corrected chi connectivity index (χ2v) is 8.43. The summed E-state index contributed by atoms with van der Waals surface area (Å²) in [4.78, 5) is 35.2. The molecule has 3 heterocycles. The third kappa shape index (κ3) is 4.13. The molecule has 12 heteroatoms. The van der Waals surface area contributed by atoms with Crippen LogP contribution in [0.1, 0.15) is 27.7 Å². The molecule has 0 unspecified atom stereocenters. The molecule has 3 rings (SSSR count). The Balaban J connectivity index is 1.72. The zero-order valence-corrected chi connectivity index (χ0v) is 17.5. The van der Waals surface area contributed by atoms with Gasteiger partial charge >= 0.3 is 13.1 Å². The topological polar surface area (TPSA) is 146 Å². The number of hydrogen-bond donors (Lipinski definition) is 3. The molecule has 2 fully saturated rings. The molecule has 2 atom stereocenters. The van der Waals surface area contributed by atoms with Gasteiger partial charge in [0.05, 0.1) is 24.4 Å². The van der Waals surface area contributed by atoms with Crippen molar-refractivity contribution in [3.8, 4) is 0 Å². The molecule has 0 spiro atoms. The number of aliphatic carboxylic acids is 1. The molecule has 0 bridgehead atoms. The monoisotopic (exact) mass is 422 g/mol. The van der Waals surface area contributed by atoms with Crippen LogP contribution >= 0.6 is 0 Å². The maximum absolute atomic E-state index is 12.2. The van der Waals surface area contributed by atoms with Crippen LogP contribution in [0.25, 0.3) is 0 Å². The maximum atomic E-state index is 12.2. The summed E-state index contributed by atoms with van der Waals surface area (Å²) in [6, 6.07) is -1.20. The Morgan fingerprint density at radius 1 is 1.20 bits per heavy atom. The summed E-state index contributed by atoms with van der Waals surface area (Å²) < 4.78 is 12.0. The molecule has 0 aromatic carbocycles. The van der Waals surface area contributed by atoms with Crippen molar-refractivity contribution >= 4 is 30.4 Å². The number of hydrogen-bond acceptors (Lipinski definition) is 9. The zero-order chi connectivity index (χ0) is 22.3. The molecule has 0 saturated carbocycles. The van der Waals surface area contributed by atoms with E-state index in [2.05, 4.69) is 9.97 Å². The fourth-order valence-electron chi connectivity index (χ4n) is 3.30. The molecule has 2 aliphatic heterocycles. The minimum Gasteiger partial charge on any atom is -0.480 e. The fraction of sp³-hybridized carbons (Fsp3) is 0.667. The second-order valence-electron chi connectivity index (χ2n) is 8.43. The Morgan fingerprint density at radius 3 is 2.27 bits per heavy atom. The van der Waals surface area contributed by atoms with Gasteiger partial charge in [-0.3, -0.25) is 4.79 Å². The largest absolute Gasteiger partial charge is 0.498 e. The lowest BCUT2D eigenvalue weighted by molar-refractivity contribution is -0.155. The molecular weight excluding hydrogens is 395 g/mol. The first-order valence-corrected chi connectivity index (χ1v) is 9.71. The van der Waals surface area contributed by atoms with Crippen LogP contribution in [0.4, 0.5) is 5.95 Å². The number of aliphatic hydroxyl groups is 2. The molecule has 30 heavy (non-hydrogen) atoms. The van der Waals surface area contributed by atoms with Gasteiger partial charge in [-0.05, 0) is 27.7 Å². The first kappa shape index (κ1) is 22.4. The lowest BCUT2D eigenvalue weighted by Gasteiger charge is -2.39. The van der Waals surface area contributed by atoms with E-state index in [9.17, 15) is 19.8 Å². The molecule has 0 radical (unpaired) electrons. The first-order chi connectivity index (χ1) is 14.0. The third-order valence-electron chi connectivity index (χ3n) is 5.87. The molecule has 0 aliphatic carbocycles. The van der Waals surface area contributed by atoms with Crippen molar-refractivity contribution in [3.63, 3.8) is 0 Å². The van der Waals surface area contributed by atoms with Crippen molar-refractivity contribution in [2.24, 2.45) is 0 Å². The SMILES string of the molecule is CC1(C)OB(c2cnc(N3CCN(C(=O)[C@@H](O)CO)[C@H](C(=O)O)C3)nc2)OC1(C)C. The predicted molar refractivity (Wildman–Crippen MR) is 106 cm³/mol. The average molecular weight is 422 g/mol. The normalized spacial score (nSPS) is 24.1. The van der Waals surface area contributed by atoms with Gasteiger partial charge in [0, 0.05) is 30.9 Å². The molecule has 1 amide bonds. The summed E-state index contributed by atoms with van der Waals surface area (Å²) in [6.45, 7) is 7.31. The highest BCUT2D eigenvalue weighted by molar-refractivity contribution is 6.61. The summed E-state index contributed by atoms with van der Waals surface area (Å²) >= 11 is 0. The van der Waals surface area contributed by atoms with Gasteiger partial charge in [0.2, 0.25) is 5.95 Å². The molecule has 1 aromatic rings. The number of carboxylic acids is 1. The molecule has 2 saturated heterocycles. The van der Waals surface area contributed by atoms with Gasteiger partial charge in [0.15, 0.2) is 6.10 Å². The van der Waals surface area contributed by atoms with E-state index in [0.29, 0.717) is 11.4 Å². The van der Waals surface area contributed by atoms with Gasteiger partial charge < -0.3 is 34.4 Å². The molecular formula is C18H27BN4O7. The van der Waals surface area contributed by atoms with E-state index >= 15 is 0 Å². The Kier molecular flexibility index (Phi) is 6.05. The smallest absolute Gasteiger partial charge is 0.480 e. The summed E-state index contributed by atoms with van der Waals surface area (Å²) in [5, 5.41) is 28.1. The highest BCUT2D eigenvalue weighted by atomic mass is 16.7. The second kappa shape index (κ2) is 8.10. The summed E-state index contributed by atoms with van der Waals surface area (Å²) in [5.74, 6) is -1.72. The lowest BCUT2D eigenvalue weighted by atomic mass is 9.81. The van der Waals surface area contributed by atoms with Crippen LogP contribution in [-0.2, 0) is 18.9 Å². The zero-order valence-electron chi connectivity index (χ0n) is 17.5. The van der Waals surface area contributed by atoms with Crippen molar-refractivity contribution < 1.29 is 34.2 Å². The van der Waals surface area contributed by atoms with Crippen molar-refractivity contribution in [2.45, 2.75) is 51.0 Å². The number of aromatic nitrogens is 2. The highest BCUT2D eigenvalue weighted by Gasteiger charge is 2.52. The first-order valence-electron chi connectivity index (χ1n) is 9.71. The minimum absolute atomic E-state index is 0.0466. The van der Waals surface area contributed by atoms with Crippen LogP contribution in [0.3, 0.4) is 0 Å². The quantitative estimate of drug-likeness (QED) is 0.466. The molecule has 1 aromatic heterocycles. The van der Waals surface area contributed by atoms with Crippen LogP contribution in [0.15, 0.2) is 12.4 Å². The van der Waals surface area contributed by atoms with Gasteiger partial charge in [-0.1, -0.05) is 0 Å². The summed E-state index contributed by atoms with van der Waals surface area (Å²) in [6.07, 6.45) is 1.51. The number of nitrogens with zero attached hydrogens (tertiary/aromatic N) is 4. The number of anilines is 1. The Labute approximate surface area is 174 Å². The van der Waals surface area contributed by atoms with Crippen LogP contribution in [0.2, 0.25) is 0 Å². The van der Waals surface area contributed by atoms with Crippen molar-refractivity contribution in [3.05, 3.63) is 12.4 Å². The highest BCUT2D eigenvalue weighted by Crippen LogP contribution is 2.36. The van der Waals surface area contributed by atoms with E-state index in [-0.39, 0.29) is 19.6 Å². The number of carbonyl (C=O) groups is 2. The Hall–Kier alpha value is -2.28. The predicted octanol–water partition coefficient (Wildman–Crippen LogP) is -1.77. The molecule has 11 nitrogen and oxygen atoms in total. The van der Waals surface area contributed by atoms with E-state index in [1.807, 2.05) is 27.7 Å². The van der Waals surface area contributed by atoms with E-state index in [1.54, 1.807) is 17.3 Å². The average Bonchev–Trinajstić information content (AvgIpc) is 2.93. The number of amides is 1. The fourth-order valence-corrected chi connectivity index (χ4v) is 3.30. The minimum atomic E-state index is -1.64. The van der Waals surface area contributed by atoms with Gasteiger partial charge in [0.1, 0.15) is 6.04 Å². The number of aliphatic hydroxyl groups excluding tert-OH is 2. The molecule has 3 N–H and O–H groups in total. The van der Waals surface area contributed by atoms with Gasteiger partial charge in [-0.2, -0.15) is 0 Å². The van der Waals surface area contributed by atoms with E-state index in [4.69, 9.17) is 14.4 Å². The van der Waals surface area contributed by atoms with Crippen molar-refractivity contribution in [1.29, 1.82) is 0 Å². The van der Waals surface area contributed by atoms with Crippen LogP contribution < -0.4 is 10.4 Å². The van der Waals surface area contributed by atoms with Crippen LogP contribution in [-0.4, -0.2) is 98.8 Å². The Bertz CT molecular complexity index is 788. The Morgan fingerprint density at radius 2 is 1.77 bits per heavy atom. The molecule has 164 valence electrons. The number of carboxylic acid groups (broad SMARTS) is 1. The van der Waals surface area contributed by atoms with E-state index in [0.717, 1.165) is 4.90 Å². The third-order valence-corrected chi connectivity index (χ3v) is 5.87. The summed E-state index contributed by atoms with van der Waals surface area (Å²) in [7, 11) is -0.606. The van der Waals surface area contributed by atoms with Gasteiger partial charge in [-0.25, -0.2) is 14.8 Å². The van der Waals surface area contributed by atoms with Crippen molar-refractivity contribution in [2.75, 3.05) is 31.1 Å². The van der Waals surface area contributed by atoms with Crippen LogP contribution in [0, 0.1) is 0 Å². The number of rotatable bonds is 5.